The molecule has 0 aromatic carbocycles. The van der Waals surface area contributed by atoms with Crippen LogP contribution in [0.2, 0.25) is 0 Å². The molecule has 1 amide bonds. The van der Waals surface area contributed by atoms with E-state index in [1.807, 2.05) is 0 Å². The van der Waals surface area contributed by atoms with Gasteiger partial charge < -0.3 is 11.1 Å². The second kappa shape index (κ2) is 5.98. The van der Waals surface area contributed by atoms with E-state index in [0.29, 0.717) is 19.6 Å². The Balaban J connectivity index is 2.14. The Hall–Kier alpha value is -0.610. The molecular formula is C10H21N3O. The van der Waals surface area contributed by atoms with Gasteiger partial charge in [-0.05, 0) is 31.8 Å². The Bertz CT molecular complexity index is 176. The normalized spacial score (nSPS) is 19.6. The third-order valence-electron chi connectivity index (χ3n) is 2.71. The van der Waals surface area contributed by atoms with Crippen molar-refractivity contribution in [2.45, 2.75) is 19.8 Å². The first-order chi connectivity index (χ1) is 6.72. The second-order valence-electron chi connectivity index (χ2n) is 4.10. The summed E-state index contributed by atoms with van der Waals surface area (Å²) in [6.07, 6.45) is 2.42. The van der Waals surface area contributed by atoms with Crippen LogP contribution in [-0.4, -0.2) is 43.5 Å². The lowest BCUT2D eigenvalue weighted by molar-refractivity contribution is -0.122. The van der Waals surface area contributed by atoms with E-state index in [1.54, 1.807) is 0 Å². The van der Waals surface area contributed by atoms with Crippen molar-refractivity contribution in [3.8, 4) is 0 Å². The van der Waals surface area contributed by atoms with Gasteiger partial charge >= 0.3 is 0 Å². The van der Waals surface area contributed by atoms with Crippen LogP contribution < -0.4 is 11.1 Å². The Kier molecular flexibility index (Phi) is 4.90. The maximum Gasteiger partial charge on any atom is 0.234 e. The van der Waals surface area contributed by atoms with E-state index in [9.17, 15) is 4.79 Å². The van der Waals surface area contributed by atoms with Gasteiger partial charge in [0, 0.05) is 13.1 Å². The van der Waals surface area contributed by atoms with Crippen molar-refractivity contribution in [3.05, 3.63) is 0 Å². The van der Waals surface area contributed by atoms with Crippen LogP contribution in [0.1, 0.15) is 19.8 Å². The number of piperidine rings is 1. The molecule has 1 rings (SSSR count). The Labute approximate surface area is 85.8 Å². The lowest BCUT2D eigenvalue weighted by Gasteiger charge is -2.29. The molecule has 1 saturated heterocycles. The van der Waals surface area contributed by atoms with Gasteiger partial charge in [-0.2, -0.15) is 0 Å². The molecule has 0 spiro atoms. The van der Waals surface area contributed by atoms with Gasteiger partial charge in [-0.1, -0.05) is 6.92 Å². The lowest BCUT2D eigenvalue weighted by atomic mass is 9.99. The minimum absolute atomic E-state index is 0.102. The van der Waals surface area contributed by atoms with Gasteiger partial charge in [-0.15, -0.1) is 0 Å². The van der Waals surface area contributed by atoms with Crippen LogP contribution in [0.15, 0.2) is 0 Å². The minimum atomic E-state index is 0.102. The van der Waals surface area contributed by atoms with Crippen molar-refractivity contribution < 1.29 is 4.79 Å². The van der Waals surface area contributed by atoms with Crippen molar-refractivity contribution in [2.75, 3.05) is 32.7 Å². The molecule has 0 radical (unpaired) electrons. The molecule has 0 aromatic heterocycles. The summed E-state index contributed by atoms with van der Waals surface area (Å²) in [4.78, 5) is 13.6. The number of likely N-dealkylation sites (tertiary alicyclic amines) is 1. The number of nitrogens with zero attached hydrogens (tertiary/aromatic N) is 1. The van der Waals surface area contributed by atoms with E-state index in [2.05, 4.69) is 17.1 Å². The molecule has 0 unspecified atom stereocenters. The predicted octanol–water partition coefficient (Wildman–Crippen LogP) is -0.207. The maximum absolute atomic E-state index is 11.3. The first kappa shape index (κ1) is 11.5. The van der Waals surface area contributed by atoms with Crippen molar-refractivity contribution in [2.24, 2.45) is 11.7 Å². The van der Waals surface area contributed by atoms with Gasteiger partial charge in [0.1, 0.15) is 0 Å². The monoisotopic (exact) mass is 199 g/mol. The molecule has 0 aliphatic carbocycles. The van der Waals surface area contributed by atoms with Gasteiger partial charge in [0.05, 0.1) is 6.54 Å². The summed E-state index contributed by atoms with van der Waals surface area (Å²) in [6.45, 7) is 6.01. The average molecular weight is 199 g/mol. The number of carbonyl (C=O) groups is 1. The van der Waals surface area contributed by atoms with E-state index >= 15 is 0 Å². The number of nitrogens with one attached hydrogen (secondary N) is 1. The van der Waals surface area contributed by atoms with Gasteiger partial charge in [-0.25, -0.2) is 0 Å². The number of amides is 1. The largest absolute Gasteiger partial charge is 0.354 e. The Morgan fingerprint density at radius 2 is 2.14 bits per heavy atom. The highest BCUT2D eigenvalue weighted by atomic mass is 16.2. The van der Waals surface area contributed by atoms with E-state index in [1.165, 1.54) is 12.8 Å². The summed E-state index contributed by atoms with van der Waals surface area (Å²) in [5, 5.41) is 2.79. The predicted molar refractivity (Wildman–Crippen MR) is 56.9 cm³/mol. The summed E-state index contributed by atoms with van der Waals surface area (Å²) in [6, 6.07) is 0. The lowest BCUT2D eigenvalue weighted by Crippen LogP contribution is -2.42. The molecule has 0 aromatic rings. The van der Waals surface area contributed by atoms with Gasteiger partial charge in [0.15, 0.2) is 0 Å². The Morgan fingerprint density at radius 1 is 1.50 bits per heavy atom. The smallest absolute Gasteiger partial charge is 0.234 e. The van der Waals surface area contributed by atoms with Crippen LogP contribution in [0.25, 0.3) is 0 Å². The van der Waals surface area contributed by atoms with Gasteiger partial charge in [0.25, 0.3) is 0 Å². The van der Waals surface area contributed by atoms with Crippen LogP contribution in [0.4, 0.5) is 0 Å². The Morgan fingerprint density at radius 3 is 2.71 bits per heavy atom. The molecule has 14 heavy (non-hydrogen) atoms. The molecule has 1 aliphatic heterocycles. The zero-order valence-corrected chi connectivity index (χ0v) is 8.96. The quantitative estimate of drug-likeness (QED) is 0.659. The first-order valence-electron chi connectivity index (χ1n) is 5.41. The highest BCUT2D eigenvalue weighted by molar-refractivity contribution is 5.77. The van der Waals surface area contributed by atoms with Crippen molar-refractivity contribution in [1.29, 1.82) is 0 Å². The summed E-state index contributed by atoms with van der Waals surface area (Å²) < 4.78 is 0. The van der Waals surface area contributed by atoms with Crippen molar-refractivity contribution in [3.63, 3.8) is 0 Å². The summed E-state index contributed by atoms with van der Waals surface area (Å²) in [5.41, 5.74) is 5.30. The van der Waals surface area contributed by atoms with E-state index in [4.69, 9.17) is 5.73 Å². The number of nitrogens with two attached hydrogens (primary N) is 1. The highest BCUT2D eigenvalue weighted by Crippen LogP contribution is 2.15. The number of carbonyl (C=O) groups excluding carboxylic acids is 1. The first-order valence-corrected chi connectivity index (χ1v) is 5.41. The van der Waals surface area contributed by atoms with Crippen molar-refractivity contribution >= 4 is 5.91 Å². The fourth-order valence-corrected chi connectivity index (χ4v) is 1.69. The SMILES string of the molecule is CC1CCN(CC(=O)NCCN)CC1. The highest BCUT2D eigenvalue weighted by Gasteiger charge is 2.17. The molecule has 0 saturated carbocycles. The van der Waals surface area contributed by atoms with Crippen LogP contribution in [0, 0.1) is 5.92 Å². The van der Waals surface area contributed by atoms with Crippen LogP contribution >= 0.6 is 0 Å². The zero-order chi connectivity index (χ0) is 10.4. The average Bonchev–Trinajstić information content (AvgIpc) is 2.18. The van der Waals surface area contributed by atoms with Crippen LogP contribution in [0.5, 0.6) is 0 Å². The molecule has 1 fully saturated rings. The maximum atomic E-state index is 11.3. The molecule has 4 nitrogen and oxygen atoms in total. The topological polar surface area (TPSA) is 58.4 Å². The molecule has 0 bridgehead atoms. The summed E-state index contributed by atoms with van der Waals surface area (Å²) >= 11 is 0. The minimum Gasteiger partial charge on any atom is -0.354 e. The third kappa shape index (κ3) is 4.07. The van der Waals surface area contributed by atoms with E-state index in [0.717, 1.165) is 19.0 Å². The fraction of sp³-hybridized carbons (Fsp3) is 0.900. The summed E-state index contributed by atoms with van der Waals surface area (Å²) in [7, 11) is 0. The number of hydrogen-bond acceptors (Lipinski definition) is 3. The molecule has 4 heteroatoms. The number of rotatable bonds is 4. The van der Waals surface area contributed by atoms with Crippen LogP contribution in [0.3, 0.4) is 0 Å². The second-order valence-corrected chi connectivity index (χ2v) is 4.10. The van der Waals surface area contributed by atoms with E-state index in [-0.39, 0.29) is 5.91 Å². The molecule has 1 heterocycles. The molecule has 82 valence electrons. The zero-order valence-electron chi connectivity index (χ0n) is 8.96. The molecule has 1 aliphatic rings. The van der Waals surface area contributed by atoms with Gasteiger partial charge in [-0.3, -0.25) is 9.69 Å². The molecular weight excluding hydrogens is 178 g/mol. The molecule has 0 atom stereocenters. The van der Waals surface area contributed by atoms with Crippen LogP contribution in [-0.2, 0) is 4.79 Å². The van der Waals surface area contributed by atoms with Crippen molar-refractivity contribution in [1.82, 2.24) is 10.2 Å². The fourth-order valence-electron chi connectivity index (χ4n) is 1.69. The third-order valence-corrected chi connectivity index (χ3v) is 2.71. The molecule has 3 N–H and O–H groups in total. The standard InChI is InChI=1S/C10H21N3O/c1-9-2-6-13(7-3-9)8-10(14)12-5-4-11/h9H,2-8,11H2,1H3,(H,12,14). The van der Waals surface area contributed by atoms with Gasteiger partial charge in [0.2, 0.25) is 5.91 Å². The van der Waals surface area contributed by atoms with E-state index < -0.39 is 0 Å². The summed E-state index contributed by atoms with van der Waals surface area (Å²) in [5.74, 6) is 0.920. The number of hydrogen-bond donors (Lipinski definition) is 2.